The molecule has 1 aliphatic heterocycles. The first-order chi connectivity index (χ1) is 8.22. The summed E-state index contributed by atoms with van der Waals surface area (Å²) in [4.78, 5) is 20.7. The molecule has 0 aromatic carbocycles. The van der Waals surface area contributed by atoms with Gasteiger partial charge in [0.1, 0.15) is 9.39 Å². The van der Waals surface area contributed by atoms with Crippen LogP contribution in [-0.2, 0) is 0 Å². The maximum absolute atomic E-state index is 11.6. The molecule has 1 saturated heterocycles. The second-order valence-corrected chi connectivity index (χ2v) is 6.17. The van der Waals surface area contributed by atoms with Gasteiger partial charge in [-0.25, -0.2) is 4.98 Å². The molecule has 1 aromatic rings. The minimum atomic E-state index is -0.0433. The number of aromatic amines is 1. The van der Waals surface area contributed by atoms with Crippen LogP contribution in [0.5, 0.6) is 0 Å². The van der Waals surface area contributed by atoms with Crippen molar-refractivity contribution in [1.82, 2.24) is 9.97 Å². The van der Waals surface area contributed by atoms with Gasteiger partial charge in [-0.05, 0) is 47.8 Å². The summed E-state index contributed by atoms with van der Waals surface area (Å²) >= 11 is 5.58. The summed E-state index contributed by atoms with van der Waals surface area (Å²) in [6, 6.07) is 0. The van der Waals surface area contributed by atoms with Gasteiger partial charge in [-0.3, -0.25) is 4.79 Å². The van der Waals surface area contributed by atoms with Crippen LogP contribution in [0, 0.1) is 9.49 Å². The van der Waals surface area contributed by atoms with Crippen LogP contribution in [0.2, 0.25) is 0 Å². The molecule has 6 heteroatoms. The lowest BCUT2D eigenvalue weighted by molar-refractivity contribution is 0.405. The van der Waals surface area contributed by atoms with E-state index >= 15 is 0 Å². The number of nitrogens with zero attached hydrogens (tertiary/aromatic N) is 2. The summed E-state index contributed by atoms with van der Waals surface area (Å²) in [5, 5.41) is 1.05. The molecular formula is C11H15BrIN3O. The van der Waals surface area contributed by atoms with E-state index in [0.717, 1.165) is 24.2 Å². The molecule has 1 aromatic heterocycles. The standard InChI is InChI=1S/C11H15BrIN3O/c12-4-3-8-2-1-5-16(6-8)10-9(13)11(17)15-7-14-10/h7-8H,1-6H2,(H,14,15,17). The van der Waals surface area contributed by atoms with Crippen molar-refractivity contribution < 1.29 is 0 Å². The highest BCUT2D eigenvalue weighted by Crippen LogP contribution is 2.25. The van der Waals surface area contributed by atoms with Crippen LogP contribution < -0.4 is 10.5 Å². The Balaban J connectivity index is 2.16. The highest BCUT2D eigenvalue weighted by atomic mass is 127. The monoisotopic (exact) mass is 411 g/mol. The highest BCUT2D eigenvalue weighted by molar-refractivity contribution is 14.1. The molecule has 0 spiro atoms. The van der Waals surface area contributed by atoms with E-state index in [9.17, 15) is 4.79 Å². The van der Waals surface area contributed by atoms with Gasteiger partial charge in [-0.2, -0.15) is 0 Å². The van der Waals surface area contributed by atoms with Crippen LogP contribution in [0.25, 0.3) is 0 Å². The Morgan fingerprint density at radius 2 is 2.47 bits per heavy atom. The fourth-order valence-corrected chi connectivity index (χ4v) is 3.53. The predicted molar refractivity (Wildman–Crippen MR) is 80.9 cm³/mol. The maximum atomic E-state index is 11.6. The average Bonchev–Trinajstić information content (AvgIpc) is 2.33. The summed E-state index contributed by atoms with van der Waals surface area (Å²) in [7, 11) is 0. The summed E-state index contributed by atoms with van der Waals surface area (Å²) in [6.07, 6.45) is 5.15. The lowest BCUT2D eigenvalue weighted by Gasteiger charge is -2.33. The predicted octanol–water partition coefficient (Wildman–Crippen LogP) is 2.38. The third-order valence-corrected chi connectivity index (χ3v) is 4.54. The molecule has 1 atom stereocenters. The lowest BCUT2D eigenvalue weighted by atomic mass is 9.96. The first-order valence-corrected chi connectivity index (χ1v) is 7.96. The van der Waals surface area contributed by atoms with Gasteiger partial charge < -0.3 is 9.88 Å². The van der Waals surface area contributed by atoms with Gasteiger partial charge in [0, 0.05) is 18.4 Å². The Labute approximate surface area is 122 Å². The lowest BCUT2D eigenvalue weighted by Crippen LogP contribution is -2.37. The largest absolute Gasteiger partial charge is 0.355 e. The van der Waals surface area contributed by atoms with Crippen molar-refractivity contribution in [2.45, 2.75) is 19.3 Å². The SMILES string of the molecule is O=c1[nH]cnc(N2CCCC(CCBr)C2)c1I. The number of piperidine rings is 1. The van der Waals surface area contributed by atoms with E-state index in [1.807, 2.05) is 0 Å². The molecule has 2 rings (SSSR count). The zero-order chi connectivity index (χ0) is 12.3. The van der Waals surface area contributed by atoms with Gasteiger partial charge in [0.15, 0.2) is 0 Å². The first-order valence-electron chi connectivity index (χ1n) is 5.76. The molecule has 94 valence electrons. The Kier molecular flexibility index (Phi) is 4.84. The number of H-pyrrole nitrogens is 1. The van der Waals surface area contributed by atoms with Crippen LogP contribution in [0.1, 0.15) is 19.3 Å². The quantitative estimate of drug-likeness (QED) is 0.613. The van der Waals surface area contributed by atoms with Gasteiger partial charge in [-0.1, -0.05) is 15.9 Å². The van der Waals surface area contributed by atoms with Crippen molar-refractivity contribution in [1.29, 1.82) is 0 Å². The number of rotatable bonds is 3. The molecule has 0 radical (unpaired) electrons. The fourth-order valence-electron chi connectivity index (χ4n) is 2.24. The third kappa shape index (κ3) is 3.21. The first kappa shape index (κ1) is 13.3. The number of halogens is 2. The number of hydrogen-bond donors (Lipinski definition) is 1. The van der Waals surface area contributed by atoms with Crippen LogP contribution in [0.3, 0.4) is 0 Å². The minimum Gasteiger partial charge on any atom is -0.355 e. The molecule has 2 heterocycles. The smallest absolute Gasteiger partial charge is 0.266 e. The Bertz CT molecular complexity index is 435. The minimum absolute atomic E-state index is 0.0433. The van der Waals surface area contributed by atoms with Gasteiger partial charge in [0.05, 0.1) is 6.33 Å². The molecule has 0 amide bonds. The zero-order valence-corrected chi connectivity index (χ0v) is 13.2. The van der Waals surface area contributed by atoms with Crippen LogP contribution in [-0.4, -0.2) is 28.4 Å². The highest BCUT2D eigenvalue weighted by Gasteiger charge is 2.22. The van der Waals surface area contributed by atoms with Gasteiger partial charge in [0.25, 0.3) is 5.56 Å². The summed E-state index contributed by atoms with van der Waals surface area (Å²) in [5.41, 5.74) is -0.0433. The average molecular weight is 412 g/mol. The van der Waals surface area contributed by atoms with Crippen LogP contribution in [0.15, 0.2) is 11.1 Å². The van der Waals surface area contributed by atoms with E-state index < -0.39 is 0 Å². The number of nitrogens with one attached hydrogen (secondary N) is 1. The van der Waals surface area contributed by atoms with Crippen LogP contribution >= 0.6 is 38.5 Å². The van der Waals surface area contributed by atoms with Crippen LogP contribution in [0.4, 0.5) is 5.82 Å². The molecule has 4 nitrogen and oxygen atoms in total. The Morgan fingerprint density at radius 3 is 3.24 bits per heavy atom. The van der Waals surface area contributed by atoms with E-state index in [0.29, 0.717) is 9.49 Å². The van der Waals surface area contributed by atoms with E-state index in [2.05, 4.69) is 53.4 Å². The molecule has 0 bridgehead atoms. The number of hydrogen-bond acceptors (Lipinski definition) is 3. The topological polar surface area (TPSA) is 49.0 Å². The van der Waals surface area contributed by atoms with Gasteiger partial charge in [0.2, 0.25) is 0 Å². The Hall–Kier alpha value is -0.110. The number of aromatic nitrogens is 2. The number of alkyl halides is 1. The van der Waals surface area contributed by atoms with E-state index in [-0.39, 0.29) is 5.56 Å². The zero-order valence-electron chi connectivity index (χ0n) is 9.46. The second kappa shape index (κ2) is 6.17. The van der Waals surface area contributed by atoms with Crippen molar-refractivity contribution in [2.75, 3.05) is 23.3 Å². The molecule has 1 unspecified atom stereocenters. The summed E-state index contributed by atoms with van der Waals surface area (Å²) < 4.78 is 0.699. The molecule has 0 saturated carbocycles. The summed E-state index contributed by atoms with van der Waals surface area (Å²) in [5.74, 6) is 1.55. The number of anilines is 1. The fraction of sp³-hybridized carbons (Fsp3) is 0.636. The molecule has 1 N–H and O–H groups in total. The van der Waals surface area contributed by atoms with Crippen molar-refractivity contribution in [3.05, 3.63) is 20.3 Å². The van der Waals surface area contributed by atoms with E-state index in [4.69, 9.17) is 0 Å². The van der Waals surface area contributed by atoms with Crippen molar-refractivity contribution in [2.24, 2.45) is 5.92 Å². The third-order valence-electron chi connectivity index (χ3n) is 3.11. The second-order valence-electron chi connectivity index (χ2n) is 4.30. The molecule has 1 fully saturated rings. The Morgan fingerprint density at radius 1 is 1.65 bits per heavy atom. The van der Waals surface area contributed by atoms with Gasteiger partial charge >= 0.3 is 0 Å². The summed E-state index contributed by atoms with van der Waals surface area (Å²) in [6.45, 7) is 2.02. The van der Waals surface area contributed by atoms with E-state index in [1.165, 1.54) is 25.6 Å². The molecular weight excluding hydrogens is 397 g/mol. The molecule has 1 aliphatic rings. The maximum Gasteiger partial charge on any atom is 0.266 e. The van der Waals surface area contributed by atoms with Crippen molar-refractivity contribution in [3.63, 3.8) is 0 Å². The van der Waals surface area contributed by atoms with Crippen molar-refractivity contribution >= 4 is 44.3 Å². The van der Waals surface area contributed by atoms with Crippen molar-refractivity contribution in [3.8, 4) is 0 Å². The normalized spacial score (nSPS) is 20.6. The van der Waals surface area contributed by atoms with E-state index in [1.54, 1.807) is 0 Å². The van der Waals surface area contributed by atoms with Gasteiger partial charge in [-0.15, -0.1) is 0 Å². The molecule has 0 aliphatic carbocycles. The molecule has 17 heavy (non-hydrogen) atoms.